The first-order valence-corrected chi connectivity index (χ1v) is 16.9. The number of aryl methyl sites for hydroxylation is 1. The van der Waals surface area contributed by atoms with Crippen LogP contribution >= 0.6 is 0 Å². The Balaban J connectivity index is 1.00. The molecule has 1 aliphatic heterocycles. The second-order valence-electron chi connectivity index (χ2n) is 13.8. The molecule has 0 radical (unpaired) electrons. The van der Waals surface area contributed by atoms with Gasteiger partial charge < -0.3 is 34.6 Å². The number of nitrogens with one attached hydrogen (secondary N) is 3. The van der Waals surface area contributed by atoms with E-state index in [9.17, 15) is 14.7 Å². The molecule has 6 aromatic rings. The van der Waals surface area contributed by atoms with Crippen LogP contribution in [0, 0.1) is 0 Å². The first-order chi connectivity index (χ1) is 23.6. The number of carbonyl (C=O) groups is 2. The van der Waals surface area contributed by atoms with Gasteiger partial charge in [-0.05, 0) is 86.5 Å². The molecule has 4 heterocycles. The SMILES string of the molecule is CC(C)(C)OC(=O)CCCCn1cnc(Cn2ccc3ccc(CNCc4[nH]c5ccccc5c4C4NC(=O)c5ccc(O)cc54)cc32)c1. The van der Waals surface area contributed by atoms with Crippen LogP contribution in [0.1, 0.15) is 84.5 Å². The van der Waals surface area contributed by atoms with Crippen molar-refractivity contribution < 1.29 is 19.4 Å². The van der Waals surface area contributed by atoms with E-state index in [1.54, 1.807) is 18.2 Å². The summed E-state index contributed by atoms with van der Waals surface area (Å²) >= 11 is 0. The fourth-order valence-corrected chi connectivity index (χ4v) is 6.75. The smallest absolute Gasteiger partial charge is 0.306 e. The normalized spacial score (nSPS) is 14.4. The highest BCUT2D eigenvalue weighted by Crippen LogP contribution is 2.38. The number of phenolic OH excluding ortho intramolecular Hbond substituents is 1. The Labute approximate surface area is 285 Å². The number of phenols is 1. The Bertz CT molecular complexity index is 2150. The van der Waals surface area contributed by atoms with Crippen LogP contribution in [0.4, 0.5) is 0 Å². The van der Waals surface area contributed by atoms with Gasteiger partial charge in [0, 0.05) is 71.7 Å². The van der Waals surface area contributed by atoms with E-state index < -0.39 is 5.60 Å². The molecular formula is C39H42N6O4. The highest BCUT2D eigenvalue weighted by Gasteiger charge is 2.33. The average Bonchev–Trinajstić information content (AvgIpc) is 3.83. The number of fused-ring (bicyclic) bond motifs is 3. The van der Waals surface area contributed by atoms with E-state index in [1.165, 1.54) is 5.39 Å². The fraction of sp³-hybridized carbons (Fsp3) is 0.308. The molecule has 1 aliphatic rings. The zero-order chi connectivity index (χ0) is 34.1. The number of rotatable bonds is 12. The van der Waals surface area contributed by atoms with E-state index in [-0.39, 0.29) is 23.7 Å². The number of H-pyrrole nitrogens is 1. The highest BCUT2D eigenvalue weighted by atomic mass is 16.6. The third-order valence-corrected chi connectivity index (χ3v) is 8.94. The Morgan fingerprint density at radius 2 is 1.90 bits per heavy atom. The third-order valence-electron chi connectivity index (χ3n) is 8.94. The van der Waals surface area contributed by atoms with Crippen molar-refractivity contribution in [3.05, 3.63) is 119 Å². The molecule has 252 valence electrons. The summed E-state index contributed by atoms with van der Waals surface area (Å²) in [5.74, 6) is -0.148. The van der Waals surface area contributed by atoms with Crippen molar-refractivity contribution >= 4 is 33.7 Å². The predicted molar refractivity (Wildman–Crippen MR) is 189 cm³/mol. The van der Waals surface area contributed by atoms with Gasteiger partial charge in [-0.15, -0.1) is 0 Å². The molecule has 3 aromatic carbocycles. The zero-order valence-corrected chi connectivity index (χ0v) is 28.1. The first-order valence-electron chi connectivity index (χ1n) is 16.9. The maximum Gasteiger partial charge on any atom is 0.306 e. The average molecular weight is 659 g/mol. The summed E-state index contributed by atoms with van der Waals surface area (Å²) in [6.07, 6.45) is 8.12. The number of para-hydroxylation sites is 1. The molecular weight excluding hydrogens is 616 g/mol. The monoisotopic (exact) mass is 658 g/mol. The van der Waals surface area contributed by atoms with Crippen LogP contribution < -0.4 is 10.6 Å². The van der Waals surface area contributed by atoms with Gasteiger partial charge in [0.15, 0.2) is 0 Å². The molecule has 0 saturated carbocycles. The van der Waals surface area contributed by atoms with Crippen LogP contribution in [0.2, 0.25) is 0 Å². The molecule has 10 nitrogen and oxygen atoms in total. The lowest BCUT2D eigenvalue weighted by Crippen LogP contribution is -2.23. The van der Waals surface area contributed by atoms with E-state index in [0.717, 1.165) is 63.9 Å². The van der Waals surface area contributed by atoms with E-state index in [4.69, 9.17) is 4.74 Å². The number of unbranched alkanes of at least 4 members (excludes halogenated alkanes) is 1. The van der Waals surface area contributed by atoms with E-state index in [0.29, 0.717) is 31.6 Å². The molecule has 3 aromatic heterocycles. The lowest BCUT2D eigenvalue weighted by molar-refractivity contribution is -0.154. The van der Waals surface area contributed by atoms with Crippen LogP contribution in [0.3, 0.4) is 0 Å². The molecule has 0 saturated heterocycles. The first kappa shape index (κ1) is 32.2. The quantitative estimate of drug-likeness (QED) is 0.0856. The minimum Gasteiger partial charge on any atom is -0.508 e. The molecule has 0 aliphatic carbocycles. The lowest BCUT2D eigenvalue weighted by atomic mass is 9.95. The third kappa shape index (κ3) is 7.10. The van der Waals surface area contributed by atoms with E-state index >= 15 is 0 Å². The molecule has 49 heavy (non-hydrogen) atoms. The number of amides is 1. The molecule has 10 heteroatoms. The molecule has 0 bridgehead atoms. The number of hydrogen-bond acceptors (Lipinski definition) is 6. The Morgan fingerprint density at radius 1 is 1.04 bits per heavy atom. The van der Waals surface area contributed by atoms with E-state index in [1.807, 2.05) is 45.3 Å². The van der Waals surface area contributed by atoms with Crippen molar-refractivity contribution in [3.63, 3.8) is 0 Å². The number of imidazole rings is 1. The van der Waals surface area contributed by atoms with Crippen LogP contribution in [-0.4, -0.2) is 41.7 Å². The van der Waals surface area contributed by atoms with Crippen molar-refractivity contribution in [2.24, 2.45) is 0 Å². The summed E-state index contributed by atoms with van der Waals surface area (Å²) in [5, 5.41) is 19.2. The minimum atomic E-state index is -0.449. The highest BCUT2D eigenvalue weighted by molar-refractivity contribution is 6.01. The number of aromatic hydroxyl groups is 1. The van der Waals surface area contributed by atoms with Gasteiger partial charge in [0.05, 0.1) is 24.6 Å². The number of aromatic nitrogens is 4. The number of esters is 1. The van der Waals surface area contributed by atoms with Gasteiger partial charge >= 0.3 is 5.97 Å². The zero-order valence-electron chi connectivity index (χ0n) is 28.1. The Kier molecular flexibility index (Phi) is 8.73. The Hall–Kier alpha value is -5.35. The van der Waals surface area contributed by atoms with E-state index in [2.05, 4.69) is 72.5 Å². The van der Waals surface area contributed by atoms with Crippen molar-refractivity contribution in [1.29, 1.82) is 0 Å². The van der Waals surface area contributed by atoms with Crippen LogP contribution in [0.5, 0.6) is 5.75 Å². The summed E-state index contributed by atoms with van der Waals surface area (Å²) in [7, 11) is 0. The van der Waals surface area contributed by atoms with Crippen LogP contribution in [0.25, 0.3) is 21.8 Å². The van der Waals surface area contributed by atoms with Crippen LogP contribution in [0.15, 0.2) is 85.5 Å². The molecule has 1 unspecified atom stereocenters. The van der Waals surface area contributed by atoms with Crippen molar-refractivity contribution in [1.82, 2.24) is 29.7 Å². The number of benzene rings is 3. The van der Waals surface area contributed by atoms with Gasteiger partial charge in [0.1, 0.15) is 11.4 Å². The Morgan fingerprint density at radius 3 is 2.76 bits per heavy atom. The summed E-state index contributed by atoms with van der Waals surface area (Å²) in [6.45, 7) is 8.35. The molecule has 1 amide bonds. The largest absolute Gasteiger partial charge is 0.508 e. The van der Waals surface area contributed by atoms with Crippen molar-refractivity contribution in [2.75, 3.05) is 0 Å². The maximum absolute atomic E-state index is 12.8. The summed E-state index contributed by atoms with van der Waals surface area (Å²) in [4.78, 5) is 33.0. The van der Waals surface area contributed by atoms with Crippen molar-refractivity contribution in [2.45, 2.75) is 77.9 Å². The van der Waals surface area contributed by atoms with Gasteiger partial charge in [0.25, 0.3) is 5.91 Å². The lowest BCUT2D eigenvalue weighted by Gasteiger charge is -2.19. The summed E-state index contributed by atoms with van der Waals surface area (Å²) in [6, 6.07) is 21.3. The number of carbonyl (C=O) groups excluding carboxylic acids is 2. The summed E-state index contributed by atoms with van der Waals surface area (Å²) in [5.41, 5.74) is 7.20. The topological polar surface area (TPSA) is 126 Å². The van der Waals surface area contributed by atoms with Gasteiger partial charge in [0.2, 0.25) is 0 Å². The van der Waals surface area contributed by atoms with Gasteiger partial charge in [-0.2, -0.15) is 0 Å². The minimum absolute atomic E-state index is 0.137. The fourth-order valence-electron chi connectivity index (χ4n) is 6.75. The maximum atomic E-state index is 12.8. The molecule has 0 spiro atoms. The standard InChI is InChI=1S/C39H42N6O4/c1-39(2,3)49-35(47)10-6-7-16-44-22-27(41-24-44)23-45-17-15-26-12-11-25(18-34(26)45)20-40-21-33-36(30-8-4-5-9-32(30)42-33)37-31-19-28(46)13-14-29(31)38(48)43-37/h4-5,8-9,11-15,17-19,22,24,37,40,42,46H,6-7,10,16,20-21,23H2,1-3H3,(H,43,48). The second kappa shape index (κ2) is 13.3. The van der Waals surface area contributed by atoms with Crippen molar-refractivity contribution in [3.8, 4) is 5.75 Å². The molecule has 0 fully saturated rings. The van der Waals surface area contributed by atoms with Crippen LogP contribution in [-0.2, 0) is 35.7 Å². The van der Waals surface area contributed by atoms with Gasteiger partial charge in [-0.1, -0.05) is 30.3 Å². The summed E-state index contributed by atoms with van der Waals surface area (Å²) < 4.78 is 9.71. The van der Waals surface area contributed by atoms with Gasteiger partial charge in [-0.3, -0.25) is 9.59 Å². The number of aromatic amines is 1. The molecule has 4 N–H and O–H groups in total. The molecule has 1 atom stereocenters. The number of ether oxygens (including phenoxy) is 1. The van der Waals surface area contributed by atoms with Gasteiger partial charge in [-0.25, -0.2) is 4.98 Å². The second-order valence-corrected chi connectivity index (χ2v) is 13.8. The molecule has 7 rings (SSSR count). The predicted octanol–water partition coefficient (Wildman–Crippen LogP) is 6.71. The number of nitrogens with zero attached hydrogens (tertiary/aromatic N) is 3. The number of hydrogen-bond donors (Lipinski definition) is 4.